The van der Waals surface area contributed by atoms with Crippen molar-refractivity contribution in [2.45, 2.75) is 32.7 Å². The maximum atomic E-state index is 12.0. The van der Waals surface area contributed by atoms with Crippen molar-refractivity contribution in [3.05, 3.63) is 47.2 Å². The molecule has 6 nitrogen and oxygen atoms in total. The first kappa shape index (κ1) is 19.7. The molecule has 1 aliphatic rings. The fourth-order valence-corrected chi connectivity index (χ4v) is 3.47. The summed E-state index contributed by atoms with van der Waals surface area (Å²) >= 11 is 5.91. The van der Waals surface area contributed by atoms with Gasteiger partial charge in [0.15, 0.2) is 0 Å². The van der Waals surface area contributed by atoms with E-state index in [1.165, 1.54) is 32.4 Å². The number of hydrogen-bond acceptors (Lipinski definition) is 3. The van der Waals surface area contributed by atoms with Crippen molar-refractivity contribution in [3.63, 3.8) is 0 Å². The lowest BCUT2D eigenvalue weighted by molar-refractivity contribution is 0.197. The Kier molecular flexibility index (Phi) is 7.12. The van der Waals surface area contributed by atoms with E-state index in [1.54, 1.807) is 10.9 Å². The molecule has 3 rings (SSSR count). The van der Waals surface area contributed by atoms with Crippen LogP contribution in [0.3, 0.4) is 0 Å². The maximum Gasteiger partial charge on any atom is 0.315 e. The number of carbonyl (C=O) groups excluding carboxylic acids is 1. The molecule has 2 amide bonds. The summed E-state index contributed by atoms with van der Waals surface area (Å²) in [5, 5.41) is 10.9. The first-order chi connectivity index (χ1) is 13.1. The predicted octanol–water partition coefficient (Wildman–Crippen LogP) is 3.45. The lowest BCUT2D eigenvalue weighted by Crippen LogP contribution is -2.41. The van der Waals surface area contributed by atoms with Crippen molar-refractivity contribution in [1.82, 2.24) is 25.3 Å². The Balaban J connectivity index is 1.38. The summed E-state index contributed by atoms with van der Waals surface area (Å²) in [5.41, 5.74) is 1.88. The molecule has 0 spiro atoms. The number of piperidine rings is 1. The Morgan fingerprint density at radius 3 is 2.67 bits per heavy atom. The Bertz CT molecular complexity index is 724. The van der Waals surface area contributed by atoms with Crippen LogP contribution in [0.25, 0.3) is 5.69 Å². The highest BCUT2D eigenvalue weighted by Crippen LogP contribution is 2.13. The van der Waals surface area contributed by atoms with Crippen molar-refractivity contribution < 1.29 is 4.79 Å². The number of hydrogen-bond donors (Lipinski definition) is 2. The molecule has 2 heterocycles. The molecule has 0 aliphatic carbocycles. The van der Waals surface area contributed by atoms with Crippen LogP contribution in [-0.4, -0.2) is 46.9 Å². The molecule has 1 aliphatic heterocycles. The number of aromatic nitrogens is 2. The van der Waals surface area contributed by atoms with Crippen molar-refractivity contribution in [1.29, 1.82) is 0 Å². The number of halogens is 1. The molecule has 7 heteroatoms. The number of urea groups is 1. The van der Waals surface area contributed by atoms with Crippen molar-refractivity contribution >= 4 is 17.6 Å². The number of likely N-dealkylation sites (tertiary alicyclic amines) is 1. The molecule has 2 aromatic rings. The van der Waals surface area contributed by atoms with Gasteiger partial charge in [-0.05, 0) is 56.1 Å². The normalized spacial score (nSPS) is 16.1. The molecule has 1 unspecified atom stereocenters. The molecule has 0 radical (unpaired) electrons. The van der Waals surface area contributed by atoms with Gasteiger partial charge in [0.05, 0.1) is 11.9 Å². The molecule has 146 valence electrons. The molecule has 1 aromatic heterocycles. The first-order valence-corrected chi connectivity index (χ1v) is 10.0. The number of rotatable bonds is 7. The molecule has 2 N–H and O–H groups in total. The van der Waals surface area contributed by atoms with Crippen molar-refractivity contribution in [2.75, 3.05) is 26.2 Å². The average Bonchev–Trinajstić information content (AvgIpc) is 3.15. The summed E-state index contributed by atoms with van der Waals surface area (Å²) in [6, 6.07) is 7.33. The molecule has 1 fully saturated rings. The number of nitrogens with zero attached hydrogens (tertiary/aromatic N) is 3. The topological polar surface area (TPSA) is 62.2 Å². The lowest BCUT2D eigenvalue weighted by Gasteiger charge is -2.29. The van der Waals surface area contributed by atoms with Crippen LogP contribution in [0, 0.1) is 5.92 Å². The van der Waals surface area contributed by atoms with Crippen LogP contribution in [0.5, 0.6) is 0 Å². The predicted molar refractivity (Wildman–Crippen MR) is 108 cm³/mol. The standard InChI is InChI=1S/C20H28ClN5O/c1-16(14-25-9-3-2-4-10-25)11-22-20(27)23-12-17-13-24-26(15-17)19-7-5-18(21)6-8-19/h5-8,13,15-16H,2-4,9-12,14H2,1H3,(H2,22,23,27). The highest BCUT2D eigenvalue weighted by molar-refractivity contribution is 6.30. The minimum absolute atomic E-state index is 0.139. The van der Waals surface area contributed by atoms with Gasteiger partial charge in [-0.1, -0.05) is 24.9 Å². The lowest BCUT2D eigenvalue weighted by atomic mass is 10.1. The van der Waals surface area contributed by atoms with Crippen LogP contribution >= 0.6 is 11.6 Å². The fourth-order valence-electron chi connectivity index (χ4n) is 3.35. The Hall–Kier alpha value is -2.05. The summed E-state index contributed by atoms with van der Waals surface area (Å²) in [7, 11) is 0. The van der Waals surface area contributed by atoms with Gasteiger partial charge in [0.2, 0.25) is 0 Å². The maximum absolute atomic E-state index is 12.0. The van der Waals surface area contributed by atoms with Gasteiger partial charge in [0.25, 0.3) is 0 Å². The molecule has 27 heavy (non-hydrogen) atoms. The molecule has 1 saturated heterocycles. The van der Waals surface area contributed by atoms with Crippen LogP contribution in [0.1, 0.15) is 31.7 Å². The van der Waals surface area contributed by atoms with Gasteiger partial charge < -0.3 is 15.5 Å². The van der Waals surface area contributed by atoms with Crippen LogP contribution in [0.15, 0.2) is 36.7 Å². The molecule has 1 atom stereocenters. The molecular weight excluding hydrogens is 362 g/mol. The van der Waals surface area contributed by atoms with Gasteiger partial charge in [0, 0.05) is 36.4 Å². The number of carbonyl (C=O) groups is 1. The van der Waals surface area contributed by atoms with Gasteiger partial charge >= 0.3 is 6.03 Å². The zero-order chi connectivity index (χ0) is 19.1. The zero-order valence-corrected chi connectivity index (χ0v) is 16.6. The molecule has 1 aromatic carbocycles. The van der Waals surface area contributed by atoms with Crippen LogP contribution in [-0.2, 0) is 6.54 Å². The van der Waals surface area contributed by atoms with E-state index in [0.717, 1.165) is 17.8 Å². The third kappa shape index (κ3) is 6.26. The monoisotopic (exact) mass is 389 g/mol. The highest BCUT2D eigenvalue weighted by Gasteiger charge is 2.14. The third-order valence-corrected chi connectivity index (χ3v) is 5.06. The van der Waals surface area contributed by atoms with E-state index >= 15 is 0 Å². The fraction of sp³-hybridized carbons (Fsp3) is 0.500. The van der Waals surface area contributed by atoms with Crippen LogP contribution in [0.2, 0.25) is 5.02 Å². The summed E-state index contributed by atoms with van der Waals surface area (Å²) in [5.74, 6) is 0.446. The second-order valence-corrected chi connectivity index (χ2v) is 7.74. The molecule has 0 bridgehead atoms. The quantitative estimate of drug-likeness (QED) is 0.762. The van der Waals surface area contributed by atoms with E-state index in [2.05, 4.69) is 27.6 Å². The zero-order valence-electron chi connectivity index (χ0n) is 15.8. The van der Waals surface area contributed by atoms with Gasteiger partial charge in [-0.2, -0.15) is 5.10 Å². The number of nitrogens with one attached hydrogen (secondary N) is 2. The highest BCUT2D eigenvalue weighted by atomic mass is 35.5. The van der Waals surface area contributed by atoms with Crippen molar-refractivity contribution in [3.8, 4) is 5.69 Å². The number of benzene rings is 1. The number of amides is 2. The van der Waals surface area contributed by atoms with Gasteiger partial charge in [-0.15, -0.1) is 0 Å². The Morgan fingerprint density at radius 1 is 1.19 bits per heavy atom. The van der Waals surface area contributed by atoms with Gasteiger partial charge in [-0.3, -0.25) is 0 Å². The van der Waals surface area contributed by atoms with E-state index in [-0.39, 0.29) is 6.03 Å². The summed E-state index contributed by atoms with van der Waals surface area (Å²) in [6.45, 7) is 6.74. The van der Waals surface area contributed by atoms with E-state index in [4.69, 9.17) is 11.6 Å². The summed E-state index contributed by atoms with van der Waals surface area (Å²) in [6.07, 6.45) is 7.60. The van der Waals surface area contributed by atoms with E-state index in [0.29, 0.717) is 24.0 Å². The summed E-state index contributed by atoms with van der Waals surface area (Å²) < 4.78 is 1.77. The van der Waals surface area contributed by atoms with Crippen LogP contribution in [0.4, 0.5) is 4.79 Å². The Morgan fingerprint density at radius 2 is 1.93 bits per heavy atom. The second kappa shape index (κ2) is 9.76. The van der Waals surface area contributed by atoms with Gasteiger partial charge in [-0.25, -0.2) is 9.48 Å². The van der Waals surface area contributed by atoms with E-state index in [1.807, 2.05) is 30.5 Å². The Labute approximate surface area is 165 Å². The second-order valence-electron chi connectivity index (χ2n) is 7.30. The van der Waals surface area contributed by atoms with Gasteiger partial charge in [0.1, 0.15) is 0 Å². The largest absolute Gasteiger partial charge is 0.338 e. The molecular formula is C20H28ClN5O. The average molecular weight is 390 g/mol. The smallest absolute Gasteiger partial charge is 0.315 e. The minimum atomic E-state index is -0.139. The van der Waals surface area contributed by atoms with Crippen LogP contribution < -0.4 is 10.6 Å². The SMILES string of the molecule is CC(CNC(=O)NCc1cnn(-c2ccc(Cl)cc2)c1)CN1CCCCC1. The summed E-state index contributed by atoms with van der Waals surface area (Å²) in [4.78, 5) is 14.5. The third-order valence-electron chi connectivity index (χ3n) is 4.81. The van der Waals surface area contributed by atoms with Crippen molar-refractivity contribution in [2.24, 2.45) is 5.92 Å². The van der Waals surface area contributed by atoms with E-state index < -0.39 is 0 Å². The molecule has 0 saturated carbocycles. The first-order valence-electron chi connectivity index (χ1n) is 9.64. The van der Waals surface area contributed by atoms with E-state index in [9.17, 15) is 4.79 Å². The minimum Gasteiger partial charge on any atom is -0.338 e.